The van der Waals surface area contributed by atoms with Crippen molar-refractivity contribution in [1.82, 2.24) is 15.5 Å². The van der Waals surface area contributed by atoms with Crippen molar-refractivity contribution in [2.75, 3.05) is 23.9 Å². The third kappa shape index (κ3) is 2.78. The van der Waals surface area contributed by atoms with Gasteiger partial charge in [0.05, 0.1) is 0 Å². The van der Waals surface area contributed by atoms with Gasteiger partial charge < -0.3 is 10.7 Å². The van der Waals surface area contributed by atoms with Crippen LogP contribution in [0.1, 0.15) is 6.92 Å². The molecule has 0 aromatic carbocycles. The molecule has 1 aromatic rings. The average Bonchev–Trinajstić information content (AvgIpc) is 2.28. The Balaban J connectivity index is 2.73. The Kier molecular flexibility index (Phi) is 3.81. The highest BCUT2D eigenvalue weighted by Crippen LogP contribution is 2.08. The molecule has 0 saturated carbocycles. The molecule has 2 amide bonds. The van der Waals surface area contributed by atoms with E-state index in [0.29, 0.717) is 18.2 Å². The van der Waals surface area contributed by atoms with E-state index in [9.17, 15) is 4.79 Å². The van der Waals surface area contributed by atoms with Crippen LogP contribution in [0, 0.1) is 0 Å². The number of hydrogen-bond donors (Lipinski definition) is 3. The number of hydrogen-bond acceptors (Lipinski definition) is 5. The normalized spacial score (nSPS) is 9.53. The molecule has 0 radical (unpaired) electrons. The van der Waals surface area contributed by atoms with Gasteiger partial charge in [0.15, 0.2) is 11.6 Å². The van der Waals surface area contributed by atoms with Crippen LogP contribution >= 0.6 is 0 Å². The zero-order valence-electron chi connectivity index (χ0n) is 8.69. The smallest absolute Gasteiger partial charge is 0.322 e. The molecule has 0 saturated heterocycles. The highest BCUT2D eigenvalue weighted by atomic mass is 16.2. The molecule has 1 aromatic heterocycles. The van der Waals surface area contributed by atoms with E-state index in [-0.39, 0.29) is 6.03 Å². The number of nitrogen functional groups attached to an aromatic ring is 1. The number of nitrogens with one attached hydrogen (secondary N) is 2. The molecule has 0 atom stereocenters. The van der Waals surface area contributed by atoms with Crippen LogP contribution in [0.25, 0.3) is 0 Å². The third-order valence-corrected chi connectivity index (χ3v) is 1.77. The molecule has 0 aliphatic rings. The maximum atomic E-state index is 11.4. The van der Waals surface area contributed by atoms with E-state index in [4.69, 9.17) is 5.84 Å². The average molecular weight is 210 g/mol. The minimum Gasteiger partial charge on any atom is -0.338 e. The van der Waals surface area contributed by atoms with Crippen LogP contribution in [-0.2, 0) is 0 Å². The van der Waals surface area contributed by atoms with Crippen LogP contribution in [0.15, 0.2) is 12.1 Å². The first kappa shape index (κ1) is 11.2. The Labute approximate surface area is 87.6 Å². The molecule has 0 aliphatic carbocycles. The lowest BCUT2D eigenvalue weighted by atomic mass is 10.5. The van der Waals surface area contributed by atoms with Crippen molar-refractivity contribution in [1.29, 1.82) is 0 Å². The second-order valence-corrected chi connectivity index (χ2v) is 2.82. The summed E-state index contributed by atoms with van der Waals surface area (Å²) < 4.78 is 0. The lowest BCUT2D eigenvalue weighted by molar-refractivity contribution is 0.248. The van der Waals surface area contributed by atoms with Gasteiger partial charge in [-0.05, 0) is 19.1 Å². The predicted octanol–water partition coefficient (Wildman–Crippen LogP) is -0.0721. The highest BCUT2D eigenvalue weighted by Gasteiger charge is 2.10. The molecule has 0 aliphatic heterocycles. The minimum atomic E-state index is -0.222. The zero-order valence-corrected chi connectivity index (χ0v) is 8.69. The Hall–Kier alpha value is -1.89. The maximum Gasteiger partial charge on any atom is 0.322 e. The van der Waals surface area contributed by atoms with Gasteiger partial charge in [0.2, 0.25) is 0 Å². The summed E-state index contributed by atoms with van der Waals surface area (Å²) in [5.74, 6) is 6.04. The molecule has 0 unspecified atom stereocenters. The zero-order chi connectivity index (χ0) is 11.3. The predicted molar refractivity (Wildman–Crippen MR) is 57.3 cm³/mol. The molecule has 0 bridgehead atoms. The molecule has 82 valence electrons. The highest BCUT2D eigenvalue weighted by molar-refractivity contribution is 5.90. The summed E-state index contributed by atoms with van der Waals surface area (Å²) in [5.41, 5.74) is 2.35. The fourth-order valence-corrected chi connectivity index (χ4v) is 0.955. The quantitative estimate of drug-likeness (QED) is 0.479. The molecule has 1 rings (SSSR count). The van der Waals surface area contributed by atoms with E-state index >= 15 is 0 Å². The number of urea groups is 1. The largest absolute Gasteiger partial charge is 0.338 e. The van der Waals surface area contributed by atoms with E-state index in [2.05, 4.69) is 20.9 Å². The van der Waals surface area contributed by atoms with Gasteiger partial charge in [0.1, 0.15) is 0 Å². The number of carbonyl (C=O) groups is 1. The standard InChI is InChI=1S/C8H14N6O/c1-3-10-8(15)14(2)7-5-4-6(11-9)12-13-7/h4-5H,3,9H2,1-2H3,(H,10,15)(H,11,12). The van der Waals surface area contributed by atoms with Crippen molar-refractivity contribution < 1.29 is 4.79 Å². The van der Waals surface area contributed by atoms with Gasteiger partial charge in [-0.1, -0.05) is 0 Å². The lowest BCUT2D eigenvalue weighted by Gasteiger charge is -2.15. The topological polar surface area (TPSA) is 96.2 Å². The number of anilines is 2. The van der Waals surface area contributed by atoms with Crippen LogP contribution in [0.4, 0.5) is 16.4 Å². The Morgan fingerprint density at radius 2 is 2.27 bits per heavy atom. The minimum absolute atomic E-state index is 0.222. The van der Waals surface area contributed by atoms with E-state index < -0.39 is 0 Å². The number of amides is 2. The van der Waals surface area contributed by atoms with Gasteiger partial charge >= 0.3 is 6.03 Å². The molecule has 4 N–H and O–H groups in total. The number of carbonyl (C=O) groups excluding carboxylic acids is 1. The summed E-state index contributed by atoms with van der Waals surface area (Å²) >= 11 is 0. The molecule has 0 spiro atoms. The Bertz CT molecular complexity index is 324. The molecule has 7 heteroatoms. The SMILES string of the molecule is CCNC(=O)N(C)c1ccc(NN)nn1. The molecule has 15 heavy (non-hydrogen) atoms. The first-order valence-electron chi connectivity index (χ1n) is 4.51. The molecule has 7 nitrogen and oxygen atoms in total. The fourth-order valence-electron chi connectivity index (χ4n) is 0.955. The second kappa shape index (κ2) is 5.11. The van der Waals surface area contributed by atoms with Crippen LogP contribution in [0.5, 0.6) is 0 Å². The first-order valence-corrected chi connectivity index (χ1v) is 4.51. The van der Waals surface area contributed by atoms with Crippen molar-refractivity contribution >= 4 is 17.7 Å². The first-order chi connectivity index (χ1) is 7.19. The summed E-state index contributed by atoms with van der Waals surface area (Å²) in [5, 5.41) is 10.2. The molecule has 1 heterocycles. The van der Waals surface area contributed by atoms with Gasteiger partial charge in [-0.15, -0.1) is 10.2 Å². The lowest BCUT2D eigenvalue weighted by Crippen LogP contribution is -2.37. The van der Waals surface area contributed by atoms with Crippen LogP contribution < -0.4 is 21.5 Å². The van der Waals surface area contributed by atoms with E-state index in [1.54, 1.807) is 19.2 Å². The molecule has 0 fully saturated rings. The van der Waals surface area contributed by atoms with Crippen molar-refractivity contribution in [2.45, 2.75) is 6.92 Å². The maximum absolute atomic E-state index is 11.4. The number of aromatic nitrogens is 2. The van der Waals surface area contributed by atoms with Gasteiger partial charge in [-0.3, -0.25) is 4.90 Å². The van der Waals surface area contributed by atoms with Crippen LogP contribution in [0.3, 0.4) is 0 Å². The molecular formula is C8H14N6O. The van der Waals surface area contributed by atoms with Gasteiger partial charge in [0.25, 0.3) is 0 Å². The number of rotatable bonds is 3. The van der Waals surface area contributed by atoms with E-state index in [1.165, 1.54) is 4.90 Å². The summed E-state index contributed by atoms with van der Waals surface area (Å²) in [6, 6.07) is 3.07. The second-order valence-electron chi connectivity index (χ2n) is 2.82. The van der Waals surface area contributed by atoms with Gasteiger partial charge in [0, 0.05) is 13.6 Å². The van der Waals surface area contributed by atoms with Crippen LogP contribution in [0.2, 0.25) is 0 Å². The summed E-state index contributed by atoms with van der Waals surface area (Å²) in [6.45, 7) is 2.41. The monoisotopic (exact) mass is 210 g/mol. The fraction of sp³-hybridized carbons (Fsp3) is 0.375. The van der Waals surface area contributed by atoms with E-state index in [1.807, 2.05) is 6.92 Å². The Morgan fingerprint density at radius 3 is 2.73 bits per heavy atom. The molecular weight excluding hydrogens is 196 g/mol. The summed E-state index contributed by atoms with van der Waals surface area (Å²) in [4.78, 5) is 12.8. The van der Waals surface area contributed by atoms with E-state index in [0.717, 1.165) is 0 Å². The van der Waals surface area contributed by atoms with Crippen molar-refractivity contribution in [3.05, 3.63) is 12.1 Å². The summed E-state index contributed by atoms with van der Waals surface area (Å²) in [7, 11) is 1.62. The van der Waals surface area contributed by atoms with Gasteiger partial charge in [-0.25, -0.2) is 10.6 Å². The summed E-state index contributed by atoms with van der Waals surface area (Å²) in [6.07, 6.45) is 0. The number of nitrogens with zero attached hydrogens (tertiary/aromatic N) is 3. The third-order valence-electron chi connectivity index (χ3n) is 1.77. The van der Waals surface area contributed by atoms with Gasteiger partial charge in [-0.2, -0.15) is 0 Å². The van der Waals surface area contributed by atoms with Crippen molar-refractivity contribution in [3.8, 4) is 0 Å². The van der Waals surface area contributed by atoms with Crippen LogP contribution in [-0.4, -0.2) is 29.8 Å². The Morgan fingerprint density at radius 1 is 1.53 bits per heavy atom. The number of hydrazine groups is 1. The van der Waals surface area contributed by atoms with Crippen molar-refractivity contribution in [2.24, 2.45) is 5.84 Å². The van der Waals surface area contributed by atoms with Crippen molar-refractivity contribution in [3.63, 3.8) is 0 Å². The number of nitrogens with two attached hydrogens (primary N) is 1.